The van der Waals surface area contributed by atoms with Crippen molar-refractivity contribution < 1.29 is 0 Å². The molecule has 0 bridgehead atoms. The van der Waals surface area contributed by atoms with Crippen molar-refractivity contribution in [3.05, 3.63) is 126 Å². The van der Waals surface area contributed by atoms with Crippen LogP contribution in [0.15, 0.2) is 103 Å². The first-order valence-electron chi connectivity index (χ1n) is 12.8. The molecule has 0 spiro atoms. The van der Waals surface area contributed by atoms with E-state index in [1.54, 1.807) is 0 Å². The van der Waals surface area contributed by atoms with Crippen LogP contribution in [-0.2, 0) is 10.8 Å². The van der Waals surface area contributed by atoms with E-state index in [0.717, 1.165) is 11.3 Å². The maximum absolute atomic E-state index is 4.77. The molecule has 2 aliphatic carbocycles. The van der Waals surface area contributed by atoms with E-state index in [9.17, 15) is 0 Å². The lowest BCUT2D eigenvalue weighted by molar-refractivity contribution is 0.639. The summed E-state index contributed by atoms with van der Waals surface area (Å²) in [5.41, 5.74) is 15.8. The average Bonchev–Trinajstić information content (AvgIpc) is 3.28. The van der Waals surface area contributed by atoms with Crippen molar-refractivity contribution in [1.29, 1.82) is 0 Å². The predicted molar refractivity (Wildman–Crippen MR) is 150 cm³/mol. The second-order valence-electron chi connectivity index (χ2n) is 11.2. The smallest absolute Gasteiger partial charge is 0.0708 e. The number of fused-ring (bicyclic) bond motifs is 6. The van der Waals surface area contributed by atoms with Crippen LogP contribution in [0, 0.1) is 0 Å². The Balaban J connectivity index is 1.63. The van der Waals surface area contributed by atoms with E-state index in [4.69, 9.17) is 4.98 Å². The lowest BCUT2D eigenvalue weighted by atomic mass is 9.76. The van der Waals surface area contributed by atoms with Gasteiger partial charge in [-0.15, -0.1) is 0 Å². The third kappa shape index (κ3) is 2.74. The standard InChI is InChI=1S/C35H29N/c1-34(2)26-16-10-8-14-24(26)32-28(34)21-29-33(25-15-9-11-17-27(25)35(29,3)4)31(32)23-18-19-36-30(20-23)22-12-6-5-7-13-22/h5-21H,1-4H3. The molecule has 0 amide bonds. The third-order valence-corrected chi connectivity index (χ3v) is 8.53. The molecule has 1 heteroatoms. The molecule has 0 unspecified atom stereocenters. The molecule has 0 saturated heterocycles. The Hall–Kier alpha value is -3.97. The van der Waals surface area contributed by atoms with Gasteiger partial charge in [-0.2, -0.15) is 0 Å². The van der Waals surface area contributed by atoms with Gasteiger partial charge in [0.15, 0.2) is 0 Å². The van der Waals surface area contributed by atoms with Crippen LogP contribution in [0.3, 0.4) is 0 Å². The van der Waals surface area contributed by atoms with Crippen LogP contribution in [0.4, 0.5) is 0 Å². The summed E-state index contributed by atoms with van der Waals surface area (Å²) in [6, 6.07) is 35.5. The molecule has 5 aromatic rings. The molecule has 4 aromatic carbocycles. The van der Waals surface area contributed by atoms with Crippen molar-refractivity contribution in [2.24, 2.45) is 0 Å². The zero-order chi connectivity index (χ0) is 24.7. The lowest BCUT2D eigenvalue weighted by Gasteiger charge is -2.27. The Morgan fingerprint density at radius 3 is 1.58 bits per heavy atom. The number of hydrogen-bond donors (Lipinski definition) is 0. The molecule has 1 nitrogen and oxygen atoms in total. The number of nitrogens with zero attached hydrogens (tertiary/aromatic N) is 1. The Morgan fingerprint density at radius 1 is 0.472 bits per heavy atom. The summed E-state index contributed by atoms with van der Waals surface area (Å²) < 4.78 is 0. The molecule has 2 aliphatic rings. The van der Waals surface area contributed by atoms with Crippen LogP contribution in [0.25, 0.3) is 44.6 Å². The molecule has 1 aromatic heterocycles. The van der Waals surface area contributed by atoms with E-state index in [1.165, 1.54) is 55.6 Å². The van der Waals surface area contributed by atoms with Crippen LogP contribution in [0.1, 0.15) is 49.9 Å². The Labute approximate surface area is 213 Å². The molecule has 0 radical (unpaired) electrons. The first-order valence-corrected chi connectivity index (χ1v) is 12.8. The van der Waals surface area contributed by atoms with Crippen molar-refractivity contribution in [2.75, 3.05) is 0 Å². The van der Waals surface area contributed by atoms with Gasteiger partial charge in [0, 0.05) is 22.6 Å². The van der Waals surface area contributed by atoms with Crippen molar-refractivity contribution in [3.63, 3.8) is 0 Å². The fourth-order valence-electron chi connectivity index (χ4n) is 6.65. The van der Waals surface area contributed by atoms with Crippen LogP contribution < -0.4 is 0 Å². The minimum atomic E-state index is -0.0597. The highest BCUT2D eigenvalue weighted by atomic mass is 14.7. The zero-order valence-electron chi connectivity index (χ0n) is 21.3. The number of pyridine rings is 1. The highest BCUT2D eigenvalue weighted by Gasteiger charge is 2.44. The van der Waals surface area contributed by atoms with E-state index in [0.29, 0.717) is 0 Å². The summed E-state index contributed by atoms with van der Waals surface area (Å²) in [4.78, 5) is 4.77. The van der Waals surface area contributed by atoms with Crippen LogP contribution in [0.5, 0.6) is 0 Å². The quantitative estimate of drug-likeness (QED) is 0.254. The van der Waals surface area contributed by atoms with Crippen molar-refractivity contribution in [1.82, 2.24) is 4.98 Å². The molecule has 174 valence electrons. The Morgan fingerprint density at radius 2 is 1.00 bits per heavy atom. The molecule has 0 saturated carbocycles. The molecule has 36 heavy (non-hydrogen) atoms. The second kappa shape index (κ2) is 7.27. The normalized spacial score (nSPS) is 15.7. The number of rotatable bonds is 2. The molecular formula is C35H29N. The van der Waals surface area contributed by atoms with Gasteiger partial charge < -0.3 is 0 Å². The minimum absolute atomic E-state index is 0.0597. The SMILES string of the molecule is CC1(C)c2ccccc2-c2c1cc1c(c2-c2ccnc(-c3ccccc3)c2)-c2ccccc2C1(C)C. The van der Waals surface area contributed by atoms with Gasteiger partial charge in [-0.1, -0.05) is 113 Å². The fraction of sp³-hybridized carbons (Fsp3) is 0.171. The first-order chi connectivity index (χ1) is 17.4. The maximum atomic E-state index is 4.77. The molecule has 0 fully saturated rings. The summed E-state index contributed by atoms with van der Waals surface area (Å²) in [7, 11) is 0. The Bertz CT molecular complexity index is 1590. The molecule has 0 N–H and O–H groups in total. The van der Waals surface area contributed by atoms with Crippen LogP contribution >= 0.6 is 0 Å². The highest BCUT2D eigenvalue weighted by Crippen LogP contribution is 2.60. The fourth-order valence-corrected chi connectivity index (χ4v) is 6.65. The van der Waals surface area contributed by atoms with E-state index in [2.05, 4.69) is 125 Å². The van der Waals surface area contributed by atoms with Gasteiger partial charge in [0.25, 0.3) is 0 Å². The van der Waals surface area contributed by atoms with E-state index < -0.39 is 0 Å². The van der Waals surface area contributed by atoms with Gasteiger partial charge in [0.05, 0.1) is 5.69 Å². The average molecular weight is 464 g/mol. The summed E-state index contributed by atoms with van der Waals surface area (Å²) in [5.74, 6) is 0. The van der Waals surface area contributed by atoms with Gasteiger partial charge in [0.2, 0.25) is 0 Å². The van der Waals surface area contributed by atoms with Gasteiger partial charge >= 0.3 is 0 Å². The third-order valence-electron chi connectivity index (χ3n) is 8.53. The number of aromatic nitrogens is 1. The second-order valence-corrected chi connectivity index (χ2v) is 11.2. The summed E-state index contributed by atoms with van der Waals surface area (Å²) in [5, 5.41) is 0. The molecule has 7 rings (SSSR count). The molecular weight excluding hydrogens is 434 g/mol. The number of hydrogen-bond acceptors (Lipinski definition) is 1. The van der Waals surface area contributed by atoms with Gasteiger partial charge in [-0.25, -0.2) is 0 Å². The number of benzene rings is 4. The zero-order valence-corrected chi connectivity index (χ0v) is 21.3. The van der Waals surface area contributed by atoms with Gasteiger partial charge in [0.1, 0.15) is 0 Å². The van der Waals surface area contributed by atoms with Gasteiger partial charge in [-0.3, -0.25) is 4.98 Å². The van der Waals surface area contributed by atoms with Crippen LogP contribution in [-0.4, -0.2) is 4.98 Å². The summed E-state index contributed by atoms with van der Waals surface area (Å²) in [6.07, 6.45) is 1.97. The molecule has 0 atom stereocenters. The molecule has 1 heterocycles. The van der Waals surface area contributed by atoms with Crippen molar-refractivity contribution >= 4 is 0 Å². The minimum Gasteiger partial charge on any atom is -0.256 e. The van der Waals surface area contributed by atoms with E-state index >= 15 is 0 Å². The highest BCUT2D eigenvalue weighted by molar-refractivity contribution is 6.04. The summed E-state index contributed by atoms with van der Waals surface area (Å²) >= 11 is 0. The van der Waals surface area contributed by atoms with E-state index in [1.807, 2.05) is 6.20 Å². The first kappa shape index (κ1) is 21.3. The van der Waals surface area contributed by atoms with Crippen molar-refractivity contribution in [2.45, 2.75) is 38.5 Å². The van der Waals surface area contributed by atoms with Gasteiger partial charge in [-0.05, 0) is 67.8 Å². The maximum Gasteiger partial charge on any atom is 0.0708 e. The summed E-state index contributed by atoms with van der Waals surface area (Å²) in [6.45, 7) is 9.52. The lowest BCUT2D eigenvalue weighted by Crippen LogP contribution is -2.19. The van der Waals surface area contributed by atoms with Crippen molar-refractivity contribution in [3.8, 4) is 44.6 Å². The Kier molecular flexibility index (Phi) is 4.31. The van der Waals surface area contributed by atoms with E-state index in [-0.39, 0.29) is 10.8 Å². The van der Waals surface area contributed by atoms with Crippen LogP contribution in [0.2, 0.25) is 0 Å². The molecule has 0 aliphatic heterocycles. The topological polar surface area (TPSA) is 12.9 Å². The largest absolute Gasteiger partial charge is 0.256 e. The predicted octanol–water partition coefficient (Wildman–Crippen LogP) is 9.03. The monoisotopic (exact) mass is 463 g/mol.